The van der Waals surface area contributed by atoms with Gasteiger partial charge in [0.05, 0.1) is 0 Å². The van der Waals surface area contributed by atoms with E-state index in [1.807, 2.05) is 23.9 Å². The van der Waals surface area contributed by atoms with Crippen LogP contribution in [0.2, 0.25) is 5.02 Å². The van der Waals surface area contributed by atoms with Gasteiger partial charge < -0.3 is 15.2 Å². The van der Waals surface area contributed by atoms with E-state index in [2.05, 4.69) is 11.6 Å². The van der Waals surface area contributed by atoms with Crippen molar-refractivity contribution in [3.63, 3.8) is 0 Å². The summed E-state index contributed by atoms with van der Waals surface area (Å²) >= 11 is 7.79. The average Bonchev–Trinajstić information content (AvgIpc) is 2.53. The molecule has 0 heterocycles. The number of benzene rings is 1. The Morgan fingerprint density at radius 1 is 1.29 bits per heavy atom. The molecule has 3 nitrogen and oxygen atoms in total. The summed E-state index contributed by atoms with van der Waals surface area (Å²) < 4.78 is 5.55. The highest BCUT2D eigenvalue weighted by atomic mass is 35.5. The highest BCUT2D eigenvalue weighted by Gasteiger charge is 2.20. The van der Waals surface area contributed by atoms with Gasteiger partial charge in [-0.2, -0.15) is 11.8 Å². The fourth-order valence-electron chi connectivity index (χ4n) is 2.59. The van der Waals surface area contributed by atoms with Gasteiger partial charge in [-0.25, -0.2) is 0 Å². The Morgan fingerprint density at radius 2 is 1.95 bits per heavy atom. The van der Waals surface area contributed by atoms with E-state index in [4.69, 9.17) is 16.3 Å². The smallest absolute Gasteiger partial charge is 0.119 e. The number of hydrogen-bond acceptors (Lipinski definition) is 4. The van der Waals surface area contributed by atoms with Gasteiger partial charge in [-0.1, -0.05) is 11.6 Å². The Kier molecular flexibility index (Phi) is 7.17. The van der Waals surface area contributed by atoms with Crippen molar-refractivity contribution in [3.8, 4) is 5.75 Å². The Hall–Kier alpha value is -0.420. The largest absolute Gasteiger partial charge is 0.491 e. The second kappa shape index (κ2) is 8.89. The normalized spacial score (nSPS) is 23.8. The third kappa shape index (κ3) is 6.07. The van der Waals surface area contributed by atoms with E-state index in [9.17, 15) is 5.11 Å². The zero-order chi connectivity index (χ0) is 15.1. The summed E-state index contributed by atoms with van der Waals surface area (Å²) in [5.74, 6) is 0.735. The van der Waals surface area contributed by atoms with Crippen LogP contribution in [0.15, 0.2) is 24.3 Å². The van der Waals surface area contributed by atoms with Gasteiger partial charge in [0.15, 0.2) is 0 Å². The van der Waals surface area contributed by atoms with Crippen LogP contribution in [0, 0.1) is 0 Å². The van der Waals surface area contributed by atoms with Gasteiger partial charge in [-0.05, 0) is 56.2 Å². The first-order valence-corrected chi connectivity index (χ1v) is 9.16. The van der Waals surface area contributed by atoms with Crippen molar-refractivity contribution in [1.82, 2.24) is 5.32 Å². The van der Waals surface area contributed by atoms with E-state index >= 15 is 0 Å². The van der Waals surface area contributed by atoms with Crippen molar-refractivity contribution in [2.45, 2.75) is 43.1 Å². The first kappa shape index (κ1) is 16.9. The number of aliphatic hydroxyl groups is 1. The number of nitrogens with one attached hydrogen (secondary N) is 1. The van der Waals surface area contributed by atoms with Crippen molar-refractivity contribution in [1.29, 1.82) is 0 Å². The van der Waals surface area contributed by atoms with Gasteiger partial charge in [-0.3, -0.25) is 0 Å². The molecule has 118 valence electrons. The summed E-state index contributed by atoms with van der Waals surface area (Å²) in [6.07, 6.45) is 6.66. The predicted molar refractivity (Wildman–Crippen MR) is 90.5 cm³/mol. The molecule has 1 aromatic rings. The van der Waals surface area contributed by atoms with E-state index in [1.165, 1.54) is 25.7 Å². The van der Waals surface area contributed by atoms with Crippen LogP contribution in [0.1, 0.15) is 25.7 Å². The average molecular weight is 330 g/mol. The van der Waals surface area contributed by atoms with Gasteiger partial charge in [0.25, 0.3) is 0 Å². The quantitative estimate of drug-likeness (QED) is 0.805. The molecule has 0 radical (unpaired) electrons. The number of thioether (sulfide) groups is 1. The topological polar surface area (TPSA) is 41.5 Å². The van der Waals surface area contributed by atoms with Crippen LogP contribution < -0.4 is 10.1 Å². The molecule has 21 heavy (non-hydrogen) atoms. The summed E-state index contributed by atoms with van der Waals surface area (Å²) in [4.78, 5) is 0. The molecule has 0 aromatic heterocycles. The predicted octanol–water partition coefficient (Wildman–Crippen LogP) is 3.34. The van der Waals surface area contributed by atoms with E-state index in [-0.39, 0.29) is 0 Å². The van der Waals surface area contributed by atoms with Crippen LogP contribution in [0.3, 0.4) is 0 Å². The SMILES string of the molecule is CSC1CCC(NCC(O)COc2ccc(Cl)cc2)CC1. The minimum absolute atomic E-state index is 0.300. The zero-order valence-electron chi connectivity index (χ0n) is 12.4. The summed E-state index contributed by atoms with van der Waals surface area (Å²) in [5.41, 5.74) is 0. The maximum Gasteiger partial charge on any atom is 0.119 e. The molecule has 1 aliphatic rings. The Labute approximate surface area is 136 Å². The van der Waals surface area contributed by atoms with Crippen LogP contribution in [0.4, 0.5) is 0 Å². The Morgan fingerprint density at radius 3 is 2.57 bits per heavy atom. The molecule has 0 bridgehead atoms. The zero-order valence-corrected chi connectivity index (χ0v) is 14.0. The highest BCUT2D eigenvalue weighted by molar-refractivity contribution is 7.99. The second-order valence-electron chi connectivity index (χ2n) is 5.54. The molecule has 5 heteroatoms. The minimum Gasteiger partial charge on any atom is -0.491 e. The molecule has 1 atom stereocenters. The minimum atomic E-state index is -0.487. The first-order valence-electron chi connectivity index (χ1n) is 7.50. The van der Waals surface area contributed by atoms with Gasteiger partial charge in [0.1, 0.15) is 18.5 Å². The number of ether oxygens (including phenoxy) is 1. The van der Waals surface area contributed by atoms with Crippen molar-refractivity contribution < 1.29 is 9.84 Å². The van der Waals surface area contributed by atoms with Crippen LogP contribution in [-0.4, -0.2) is 41.9 Å². The molecule has 2 rings (SSSR count). The van der Waals surface area contributed by atoms with Crippen molar-refractivity contribution in [2.75, 3.05) is 19.4 Å². The van der Waals surface area contributed by atoms with Gasteiger partial charge in [0, 0.05) is 22.9 Å². The van der Waals surface area contributed by atoms with E-state index in [1.54, 1.807) is 12.1 Å². The first-order chi connectivity index (χ1) is 10.2. The molecule has 1 aliphatic carbocycles. The molecule has 0 spiro atoms. The third-order valence-electron chi connectivity index (χ3n) is 3.91. The molecule has 1 aromatic carbocycles. The van der Waals surface area contributed by atoms with E-state index in [0.717, 1.165) is 11.0 Å². The van der Waals surface area contributed by atoms with Crippen LogP contribution in [0.25, 0.3) is 0 Å². The standard InChI is InChI=1S/C16H24ClNO2S/c1-21-16-8-4-13(5-9-16)18-10-14(19)11-20-15-6-2-12(17)3-7-15/h2-3,6-7,13-14,16,18-19H,4-5,8-11H2,1H3. The van der Waals surface area contributed by atoms with Gasteiger partial charge in [-0.15, -0.1) is 0 Å². The summed E-state index contributed by atoms with van der Waals surface area (Å²) in [6, 6.07) is 7.73. The van der Waals surface area contributed by atoms with Crippen molar-refractivity contribution >= 4 is 23.4 Å². The van der Waals surface area contributed by atoms with Crippen molar-refractivity contribution in [3.05, 3.63) is 29.3 Å². The van der Waals surface area contributed by atoms with E-state index < -0.39 is 6.10 Å². The lowest BCUT2D eigenvalue weighted by Crippen LogP contribution is -2.40. The lowest BCUT2D eigenvalue weighted by molar-refractivity contribution is 0.102. The molecule has 0 saturated heterocycles. The third-order valence-corrected chi connectivity index (χ3v) is 5.30. The molecular formula is C16H24ClNO2S. The van der Waals surface area contributed by atoms with Crippen LogP contribution in [0.5, 0.6) is 5.75 Å². The number of aliphatic hydroxyl groups excluding tert-OH is 1. The molecule has 0 amide bonds. The molecule has 0 aliphatic heterocycles. The number of hydrogen-bond donors (Lipinski definition) is 2. The maximum atomic E-state index is 9.98. The Bertz CT molecular complexity index is 407. The van der Waals surface area contributed by atoms with E-state index in [0.29, 0.717) is 24.2 Å². The molecule has 1 unspecified atom stereocenters. The summed E-state index contributed by atoms with van der Waals surface area (Å²) in [5, 5.41) is 14.9. The summed E-state index contributed by atoms with van der Waals surface area (Å²) in [7, 11) is 0. The highest BCUT2D eigenvalue weighted by Crippen LogP contribution is 2.26. The van der Waals surface area contributed by atoms with Crippen molar-refractivity contribution in [2.24, 2.45) is 0 Å². The monoisotopic (exact) mass is 329 g/mol. The molecule has 1 saturated carbocycles. The van der Waals surface area contributed by atoms with Crippen LogP contribution in [-0.2, 0) is 0 Å². The van der Waals surface area contributed by atoms with Gasteiger partial charge in [0.2, 0.25) is 0 Å². The Balaban J connectivity index is 1.61. The lowest BCUT2D eigenvalue weighted by Gasteiger charge is -2.28. The second-order valence-corrected chi connectivity index (χ2v) is 7.11. The number of halogens is 1. The fraction of sp³-hybridized carbons (Fsp3) is 0.625. The van der Waals surface area contributed by atoms with Crippen LogP contribution >= 0.6 is 23.4 Å². The van der Waals surface area contributed by atoms with Gasteiger partial charge >= 0.3 is 0 Å². The molecule has 1 fully saturated rings. The maximum absolute atomic E-state index is 9.98. The summed E-state index contributed by atoms with van der Waals surface area (Å²) in [6.45, 7) is 0.886. The molecule has 2 N–H and O–H groups in total. The molecular weight excluding hydrogens is 306 g/mol. The number of rotatable bonds is 7. The lowest BCUT2D eigenvalue weighted by atomic mass is 9.95. The fourth-order valence-corrected chi connectivity index (χ4v) is 3.46.